The molecule has 1 saturated heterocycles. The average molecular weight is 355 g/mol. The van der Waals surface area contributed by atoms with Gasteiger partial charge in [0.05, 0.1) is 6.61 Å². The van der Waals surface area contributed by atoms with Crippen molar-refractivity contribution in [3.8, 4) is 5.75 Å². The van der Waals surface area contributed by atoms with Gasteiger partial charge in [-0.25, -0.2) is 0 Å². The van der Waals surface area contributed by atoms with Crippen LogP contribution in [0, 0.1) is 11.8 Å². The van der Waals surface area contributed by atoms with Crippen LogP contribution in [-0.2, 0) is 28.0 Å². The first-order valence-electron chi connectivity index (χ1n) is 9.75. The van der Waals surface area contributed by atoms with E-state index in [2.05, 4.69) is 11.0 Å². The van der Waals surface area contributed by atoms with E-state index >= 15 is 0 Å². The lowest BCUT2D eigenvalue weighted by Gasteiger charge is -2.57. The molecule has 4 atom stereocenters. The Hall–Kier alpha value is -1.88. The van der Waals surface area contributed by atoms with Gasteiger partial charge in [-0.1, -0.05) is 26.0 Å². The number of carbonyl (C=O) groups is 2. The van der Waals surface area contributed by atoms with E-state index in [1.807, 2.05) is 19.9 Å². The van der Waals surface area contributed by atoms with Crippen LogP contribution in [0.2, 0.25) is 0 Å². The van der Waals surface area contributed by atoms with E-state index in [9.17, 15) is 14.7 Å². The highest BCUT2D eigenvalue weighted by Gasteiger charge is 2.66. The van der Waals surface area contributed by atoms with Crippen LogP contribution < -0.4 is 4.74 Å². The minimum absolute atomic E-state index is 0.0152. The molecular formula is C21H25NO4. The number of amides is 1. The number of aliphatic hydroxyl groups excluding tert-OH is 1. The number of carbonyl (C=O) groups excluding carboxylic acids is 2. The number of ether oxygens (including phenoxy) is 1. The zero-order chi connectivity index (χ0) is 18.2. The largest absolute Gasteiger partial charge is 0.481 e. The molecule has 2 bridgehead atoms. The number of piperidine rings is 1. The van der Waals surface area contributed by atoms with Gasteiger partial charge < -0.3 is 14.7 Å². The fraction of sp³-hybridized carbons (Fsp3) is 0.619. The maximum Gasteiger partial charge on any atom is 0.225 e. The average Bonchev–Trinajstić information content (AvgIpc) is 2.97. The molecule has 4 aliphatic rings. The Bertz CT molecular complexity index is 816. The van der Waals surface area contributed by atoms with Crippen LogP contribution in [0.5, 0.6) is 5.75 Å². The second kappa shape index (κ2) is 5.32. The van der Waals surface area contributed by atoms with Crippen molar-refractivity contribution >= 4 is 11.7 Å². The van der Waals surface area contributed by atoms with Crippen molar-refractivity contribution in [3.63, 3.8) is 0 Å². The van der Waals surface area contributed by atoms with Crippen molar-refractivity contribution in [2.75, 3.05) is 6.54 Å². The number of aliphatic hydroxyl groups is 1. The molecule has 1 N–H and O–H groups in total. The Labute approximate surface area is 153 Å². The van der Waals surface area contributed by atoms with Gasteiger partial charge in [-0.3, -0.25) is 9.59 Å². The van der Waals surface area contributed by atoms with E-state index < -0.39 is 6.10 Å². The summed E-state index contributed by atoms with van der Waals surface area (Å²) in [5.74, 6) is 1.39. The number of hydrogen-bond donors (Lipinski definition) is 1. The Morgan fingerprint density at radius 1 is 1.42 bits per heavy atom. The van der Waals surface area contributed by atoms with E-state index in [1.165, 1.54) is 11.1 Å². The van der Waals surface area contributed by atoms with Crippen molar-refractivity contribution in [1.29, 1.82) is 0 Å². The Morgan fingerprint density at radius 3 is 2.96 bits per heavy atom. The number of hydrogen-bond acceptors (Lipinski definition) is 4. The summed E-state index contributed by atoms with van der Waals surface area (Å²) in [6.45, 7) is 4.53. The van der Waals surface area contributed by atoms with Crippen LogP contribution in [0.25, 0.3) is 0 Å². The predicted molar refractivity (Wildman–Crippen MR) is 94.8 cm³/mol. The second-order valence-corrected chi connectivity index (χ2v) is 8.60. The summed E-state index contributed by atoms with van der Waals surface area (Å²) in [5.41, 5.74) is 2.83. The number of Topliss-reactive ketones (excluding diaryl/α,β-unsaturated/α-hetero) is 1. The monoisotopic (exact) mass is 355 g/mol. The molecular weight excluding hydrogens is 330 g/mol. The summed E-state index contributed by atoms with van der Waals surface area (Å²) < 4.78 is 6.24. The normalized spacial score (nSPS) is 33.9. The van der Waals surface area contributed by atoms with Gasteiger partial charge in [0.2, 0.25) is 5.91 Å². The van der Waals surface area contributed by atoms with Crippen molar-refractivity contribution in [1.82, 2.24) is 4.90 Å². The summed E-state index contributed by atoms with van der Waals surface area (Å²) in [6.07, 6.45) is 2.51. The molecule has 0 radical (unpaired) electrons. The molecule has 2 aliphatic heterocycles. The molecule has 1 unspecified atom stereocenters. The third kappa shape index (κ3) is 1.80. The Balaban J connectivity index is 1.70. The SMILES string of the molecule is CC(C)C(=O)N1CC[C@]23c4c5ccc(CO)c4O[C@H]2C(=O)CCC3[C@H]1C5. The van der Waals surface area contributed by atoms with Crippen molar-refractivity contribution in [2.45, 2.75) is 63.7 Å². The topological polar surface area (TPSA) is 66.8 Å². The summed E-state index contributed by atoms with van der Waals surface area (Å²) in [4.78, 5) is 27.7. The van der Waals surface area contributed by atoms with Crippen LogP contribution >= 0.6 is 0 Å². The van der Waals surface area contributed by atoms with Gasteiger partial charge in [-0.05, 0) is 30.7 Å². The molecule has 5 rings (SSSR count). The fourth-order valence-electron chi connectivity index (χ4n) is 6.13. The van der Waals surface area contributed by atoms with Crippen molar-refractivity contribution < 1.29 is 19.4 Å². The molecule has 26 heavy (non-hydrogen) atoms. The van der Waals surface area contributed by atoms with E-state index in [0.717, 1.165) is 30.6 Å². The number of ketones is 1. The third-order valence-electron chi connectivity index (χ3n) is 7.16. The van der Waals surface area contributed by atoms with Gasteiger partial charge >= 0.3 is 0 Å². The molecule has 1 aromatic rings. The number of likely N-dealkylation sites (tertiary alicyclic amines) is 1. The molecule has 1 spiro atoms. The molecule has 2 fully saturated rings. The van der Waals surface area contributed by atoms with E-state index in [0.29, 0.717) is 13.0 Å². The molecule has 2 aliphatic carbocycles. The molecule has 5 nitrogen and oxygen atoms in total. The molecule has 138 valence electrons. The highest BCUT2D eigenvalue weighted by Crippen LogP contribution is 2.62. The third-order valence-corrected chi connectivity index (χ3v) is 7.16. The molecule has 0 aromatic heterocycles. The van der Waals surface area contributed by atoms with Gasteiger partial charge in [-0.2, -0.15) is 0 Å². The quantitative estimate of drug-likeness (QED) is 0.881. The fourth-order valence-corrected chi connectivity index (χ4v) is 6.13. The van der Waals surface area contributed by atoms with E-state index in [-0.39, 0.29) is 41.6 Å². The first-order valence-corrected chi connectivity index (χ1v) is 9.75. The first-order chi connectivity index (χ1) is 12.5. The number of benzene rings is 1. The zero-order valence-electron chi connectivity index (χ0n) is 15.3. The van der Waals surface area contributed by atoms with Gasteiger partial charge in [0.25, 0.3) is 0 Å². The maximum atomic E-state index is 12.8. The minimum atomic E-state index is -0.443. The number of nitrogens with zero attached hydrogens (tertiary/aromatic N) is 1. The smallest absolute Gasteiger partial charge is 0.225 e. The molecule has 1 amide bonds. The van der Waals surface area contributed by atoms with Crippen LogP contribution in [-0.4, -0.2) is 40.4 Å². The van der Waals surface area contributed by atoms with E-state index in [4.69, 9.17) is 4.74 Å². The lowest BCUT2D eigenvalue weighted by molar-refractivity contribution is -0.150. The molecule has 1 aromatic carbocycles. The Morgan fingerprint density at radius 2 is 2.23 bits per heavy atom. The minimum Gasteiger partial charge on any atom is -0.481 e. The van der Waals surface area contributed by atoms with Crippen LogP contribution in [0.1, 0.15) is 49.8 Å². The molecule has 5 heteroatoms. The summed E-state index contributed by atoms with van der Waals surface area (Å²) in [5, 5.41) is 9.76. The highest BCUT2D eigenvalue weighted by molar-refractivity contribution is 5.89. The van der Waals surface area contributed by atoms with Crippen LogP contribution in [0.3, 0.4) is 0 Å². The zero-order valence-corrected chi connectivity index (χ0v) is 15.3. The summed E-state index contributed by atoms with van der Waals surface area (Å²) in [6, 6.07) is 4.14. The van der Waals surface area contributed by atoms with Crippen LogP contribution in [0.15, 0.2) is 12.1 Å². The van der Waals surface area contributed by atoms with Crippen molar-refractivity contribution in [3.05, 3.63) is 28.8 Å². The lowest BCUT2D eigenvalue weighted by atomic mass is 9.51. The van der Waals surface area contributed by atoms with Gasteiger partial charge in [0, 0.05) is 41.5 Å². The second-order valence-electron chi connectivity index (χ2n) is 8.60. The molecule has 1 saturated carbocycles. The van der Waals surface area contributed by atoms with Gasteiger partial charge in [0.15, 0.2) is 11.9 Å². The predicted octanol–water partition coefficient (Wildman–Crippen LogP) is 1.97. The van der Waals surface area contributed by atoms with Gasteiger partial charge in [0.1, 0.15) is 5.75 Å². The standard InChI is InChI=1S/C21H25NO4/c1-11(2)20(25)22-8-7-21-14-5-6-16(24)19(21)26-18-13(10-23)4-3-12(17(18)21)9-15(14)22/h3-4,11,14-15,19,23H,5-10H2,1-2H3/t14?,15-,19+,21+/m1/s1. The van der Waals surface area contributed by atoms with Crippen LogP contribution in [0.4, 0.5) is 0 Å². The first kappa shape index (κ1) is 16.3. The summed E-state index contributed by atoms with van der Waals surface area (Å²) >= 11 is 0. The molecule has 2 heterocycles. The van der Waals surface area contributed by atoms with E-state index in [1.54, 1.807) is 0 Å². The van der Waals surface area contributed by atoms with Gasteiger partial charge in [-0.15, -0.1) is 0 Å². The highest BCUT2D eigenvalue weighted by atomic mass is 16.5. The maximum absolute atomic E-state index is 12.8. The summed E-state index contributed by atoms with van der Waals surface area (Å²) in [7, 11) is 0. The Kier molecular flexibility index (Phi) is 3.34. The van der Waals surface area contributed by atoms with Crippen molar-refractivity contribution in [2.24, 2.45) is 11.8 Å². The number of rotatable bonds is 2. The lowest BCUT2D eigenvalue weighted by Crippen LogP contribution is -2.67.